The summed E-state index contributed by atoms with van der Waals surface area (Å²) >= 11 is 5.86. The maximum atomic E-state index is 11.7. The Kier molecular flexibility index (Phi) is 6.56. The van der Waals surface area contributed by atoms with Crippen molar-refractivity contribution >= 4 is 17.6 Å². The molecule has 0 bridgehead atoms. The van der Waals surface area contributed by atoms with Gasteiger partial charge in [-0.25, -0.2) is 4.79 Å². The molecule has 0 spiro atoms. The molecule has 2 N–H and O–H groups in total. The highest BCUT2D eigenvalue weighted by atomic mass is 35.5. The molecular weight excluding hydrogens is 316 g/mol. The van der Waals surface area contributed by atoms with Crippen LogP contribution in [0.3, 0.4) is 0 Å². The molecule has 0 saturated heterocycles. The number of hydrogen-bond acceptors (Lipinski definition) is 3. The minimum atomic E-state index is -0.240. The van der Waals surface area contributed by atoms with Crippen molar-refractivity contribution in [3.05, 3.63) is 59.1 Å². The van der Waals surface area contributed by atoms with Gasteiger partial charge in [0.05, 0.1) is 13.7 Å². The normalized spacial score (nSPS) is 10.0. The highest BCUT2D eigenvalue weighted by molar-refractivity contribution is 6.30. The number of carbonyl (C=O) groups excluding carboxylic acids is 1. The molecule has 0 radical (unpaired) electrons. The minimum Gasteiger partial charge on any atom is -0.497 e. The maximum absolute atomic E-state index is 11.7. The van der Waals surface area contributed by atoms with E-state index in [0.29, 0.717) is 30.5 Å². The molecule has 0 aliphatic carbocycles. The second kappa shape index (κ2) is 8.90. The molecule has 122 valence electrons. The van der Waals surface area contributed by atoms with E-state index in [2.05, 4.69) is 10.6 Å². The van der Waals surface area contributed by atoms with Crippen LogP contribution in [0.4, 0.5) is 4.79 Å². The summed E-state index contributed by atoms with van der Waals surface area (Å²) in [5.74, 6) is 1.47. The molecule has 6 heteroatoms. The monoisotopic (exact) mass is 334 g/mol. The third-order valence-corrected chi connectivity index (χ3v) is 3.30. The largest absolute Gasteiger partial charge is 0.497 e. The van der Waals surface area contributed by atoms with Crippen molar-refractivity contribution in [3.63, 3.8) is 0 Å². The zero-order chi connectivity index (χ0) is 16.5. The molecular formula is C17H19ClN2O3. The lowest BCUT2D eigenvalue weighted by atomic mass is 10.2. The van der Waals surface area contributed by atoms with Crippen LogP contribution in [0.1, 0.15) is 5.56 Å². The molecule has 0 aromatic heterocycles. The van der Waals surface area contributed by atoms with Crippen LogP contribution < -0.4 is 20.1 Å². The van der Waals surface area contributed by atoms with Gasteiger partial charge in [0, 0.05) is 11.6 Å². The molecule has 0 fully saturated rings. The van der Waals surface area contributed by atoms with Crippen molar-refractivity contribution < 1.29 is 14.3 Å². The first-order valence-corrected chi connectivity index (χ1v) is 7.58. The molecule has 0 aliphatic rings. The number of amides is 2. The fourth-order valence-corrected chi connectivity index (χ4v) is 2.06. The van der Waals surface area contributed by atoms with Crippen molar-refractivity contribution in [1.29, 1.82) is 0 Å². The zero-order valence-electron chi connectivity index (χ0n) is 12.8. The highest BCUT2D eigenvalue weighted by Crippen LogP contribution is 2.16. The van der Waals surface area contributed by atoms with Gasteiger partial charge in [0.2, 0.25) is 0 Å². The first kappa shape index (κ1) is 17.0. The molecule has 0 heterocycles. The van der Waals surface area contributed by atoms with Crippen LogP contribution in [0, 0.1) is 0 Å². The molecule has 5 nitrogen and oxygen atoms in total. The number of carbonyl (C=O) groups is 1. The van der Waals surface area contributed by atoms with Crippen LogP contribution in [-0.2, 0) is 6.54 Å². The Morgan fingerprint density at radius 2 is 1.87 bits per heavy atom. The third-order valence-electron chi connectivity index (χ3n) is 3.06. The van der Waals surface area contributed by atoms with E-state index in [4.69, 9.17) is 21.1 Å². The number of ether oxygens (including phenoxy) is 2. The number of urea groups is 1. The van der Waals surface area contributed by atoms with E-state index in [1.165, 1.54) is 0 Å². The van der Waals surface area contributed by atoms with Crippen molar-refractivity contribution in [2.75, 3.05) is 20.3 Å². The fourth-order valence-electron chi connectivity index (χ4n) is 1.88. The van der Waals surface area contributed by atoms with Gasteiger partial charge in [0.25, 0.3) is 0 Å². The zero-order valence-corrected chi connectivity index (χ0v) is 13.6. The summed E-state index contributed by atoms with van der Waals surface area (Å²) in [6, 6.07) is 14.4. The second-order valence-corrected chi connectivity index (χ2v) is 5.20. The molecule has 2 amide bonds. The van der Waals surface area contributed by atoms with E-state index in [1.54, 1.807) is 19.2 Å². The molecule has 0 atom stereocenters. The number of halogens is 1. The van der Waals surface area contributed by atoms with Gasteiger partial charge in [-0.2, -0.15) is 0 Å². The van der Waals surface area contributed by atoms with Gasteiger partial charge >= 0.3 is 6.03 Å². The summed E-state index contributed by atoms with van der Waals surface area (Å²) in [6.07, 6.45) is 0. The summed E-state index contributed by atoms with van der Waals surface area (Å²) in [7, 11) is 1.62. The smallest absolute Gasteiger partial charge is 0.315 e. The van der Waals surface area contributed by atoms with E-state index in [-0.39, 0.29) is 6.03 Å². The van der Waals surface area contributed by atoms with Gasteiger partial charge in [0.15, 0.2) is 0 Å². The van der Waals surface area contributed by atoms with Crippen molar-refractivity contribution in [1.82, 2.24) is 10.6 Å². The molecule has 2 aromatic carbocycles. The number of rotatable bonds is 7. The van der Waals surface area contributed by atoms with E-state index in [9.17, 15) is 4.79 Å². The van der Waals surface area contributed by atoms with Gasteiger partial charge in [-0.05, 0) is 35.9 Å². The summed E-state index contributed by atoms with van der Waals surface area (Å²) in [6.45, 7) is 1.22. The lowest BCUT2D eigenvalue weighted by Crippen LogP contribution is -2.37. The fraction of sp³-hybridized carbons (Fsp3) is 0.235. The lowest BCUT2D eigenvalue weighted by Gasteiger charge is -2.09. The topological polar surface area (TPSA) is 59.6 Å². The summed E-state index contributed by atoms with van der Waals surface area (Å²) < 4.78 is 10.6. The Balaban J connectivity index is 1.63. The quantitative estimate of drug-likeness (QED) is 0.764. The first-order valence-electron chi connectivity index (χ1n) is 7.20. The second-order valence-electron chi connectivity index (χ2n) is 4.76. The van der Waals surface area contributed by atoms with Gasteiger partial charge in [-0.15, -0.1) is 0 Å². The molecule has 0 aliphatic heterocycles. The van der Waals surface area contributed by atoms with Crippen molar-refractivity contribution in [2.24, 2.45) is 0 Å². The third kappa shape index (κ3) is 6.08. The number of hydrogen-bond donors (Lipinski definition) is 2. The number of methoxy groups -OCH3 is 1. The molecule has 0 unspecified atom stereocenters. The Hall–Kier alpha value is -2.40. The van der Waals surface area contributed by atoms with Gasteiger partial charge in [0.1, 0.15) is 18.1 Å². The van der Waals surface area contributed by atoms with E-state index < -0.39 is 0 Å². The Labute approximate surface area is 140 Å². The predicted molar refractivity (Wildman–Crippen MR) is 90.2 cm³/mol. The van der Waals surface area contributed by atoms with Crippen LogP contribution >= 0.6 is 11.6 Å². The number of benzene rings is 2. The average molecular weight is 335 g/mol. The van der Waals surface area contributed by atoms with Crippen LogP contribution in [0.5, 0.6) is 11.5 Å². The Bertz CT molecular complexity index is 632. The van der Waals surface area contributed by atoms with E-state index in [1.807, 2.05) is 36.4 Å². The lowest BCUT2D eigenvalue weighted by molar-refractivity contribution is 0.236. The summed E-state index contributed by atoms with van der Waals surface area (Å²) in [5.41, 5.74) is 0.996. The molecule has 0 saturated carbocycles. The molecule has 23 heavy (non-hydrogen) atoms. The Morgan fingerprint density at radius 1 is 1.09 bits per heavy atom. The van der Waals surface area contributed by atoms with Crippen molar-refractivity contribution in [2.45, 2.75) is 6.54 Å². The predicted octanol–water partition coefficient (Wildman–Crippen LogP) is 3.23. The highest BCUT2D eigenvalue weighted by Gasteiger charge is 2.01. The van der Waals surface area contributed by atoms with Crippen LogP contribution in [-0.4, -0.2) is 26.3 Å². The van der Waals surface area contributed by atoms with Gasteiger partial charge in [-0.1, -0.05) is 29.8 Å². The minimum absolute atomic E-state index is 0.240. The van der Waals surface area contributed by atoms with Crippen molar-refractivity contribution in [3.8, 4) is 11.5 Å². The van der Waals surface area contributed by atoms with Crippen LogP contribution in [0.15, 0.2) is 48.5 Å². The Morgan fingerprint density at radius 3 is 2.57 bits per heavy atom. The van der Waals surface area contributed by atoms with Gasteiger partial charge in [-0.3, -0.25) is 0 Å². The van der Waals surface area contributed by atoms with Crippen LogP contribution in [0.25, 0.3) is 0 Å². The maximum Gasteiger partial charge on any atom is 0.315 e. The standard InChI is InChI=1S/C17H19ClN2O3/c1-22-15-7-5-13(6-8-15)12-20-17(21)19-9-10-23-16-4-2-3-14(18)11-16/h2-8,11H,9-10,12H2,1H3,(H2,19,20,21). The van der Waals surface area contributed by atoms with E-state index in [0.717, 1.165) is 11.3 Å². The van der Waals surface area contributed by atoms with Gasteiger partial charge < -0.3 is 20.1 Å². The summed E-state index contributed by atoms with van der Waals surface area (Å²) in [4.78, 5) is 11.7. The van der Waals surface area contributed by atoms with E-state index >= 15 is 0 Å². The SMILES string of the molecule is COc1ccc(CNC(=O)NCCOc2cccc(Cl)c2)cc1. The van der Waals surface area contributed by atoms with Crippen LogP contribution in [0.2, 0.25) is 5.02 Å². The first-order chi connectivity index (χ1) is 11.2. The molecule has 2 rings (SSSR count). The molecule has 2 aromatic rings. The number of nitrogens with one attached hydrogen (secondary N) is 2. The average Bonchev–Trinajstić information content (AvgIpc) is 2.57. The summed E-state index contributed by atoms with van der Waals surface area (Å²) in [5, 5.41) is 6.12.